The van der Waals surface area contributed by atoms with Gasteiger partial charge < -0.3 is 10.1 Å². The van der Waals surface area contributed by atoms with Crippen LogP contribution in [0.4, 0.5) is 0 Å². The number of hydrogen-bond donors (Lipinski definition) is 2. The average molecular weight is 225 g/mol. The van der Waals surface area contributed by atoms with Crippen molar-refractivity contribution in [2.75, 3.05) is 13.2 Å². The molecule has 1 aromatic rings. The van der Waals surface area contributed by atoms with E-state index in [9.17, 15) is 0 Å². The highest BCUT2D eigenvalue weighted by molar-refractivity contribution is 5.13. The smallest absolute Gasteiger partial charge is 0.0622 e. The number of aromatic amines is 1. The summed E-state index contributed by atoms with van der Waals surface area (Å²) in [6.07, 6.45) is 1.88. The lowest BCUT2D eigenvalue weighted by atomic mass is 10.1. The summed E-state index contributed by atoms with van der Waals surface area (Å²) in [6, 6.07) is 0.397. The van der Waals surface area contributed by atoms with E-state index >= 15 is 0 Å². The van der Waals surface area contributed by atoms with Gasteiger partial charge in [0.2, 0.25) is 0 Å². The van der Waals surface area contributed by atoms with Crippen LogP contribution in [-0.4, -0.2) is 29.5 Å². The van der Waals surface area contributed by atoms with Crippen LogP contribution < -0.4 is 5.32 Å². The fourth-order valence-electron chi connectivity index (χ4n) is 1.53. The maximum atomic E-state index is 5.47. The van der Waals surface area contributed by atoms with Crippen LogP contribution in [0, 0.1) is 12.8 Å². The Labute approximate surface area is 97.8 Å². The molecule has 0 fully saturated rings. The number of hydrogen-bond acceptors (Lipinski definition) is 3. The Kier molecular flexibility index (Phi) is 5.49. The molecule has 1 unspecified atom stereocenters. The highest BCUT2D eigenvalue weighted by atomic mass is 16.5. The highest BCUT2D eigenvalue weighted by Crippen LogP contribution is 2.06. The normalized spacial score (nSPS) is 13.3. The number of nitrogens with one attached hydrogen (secondary N) is 2. The van der Waals surface area contributed by atoms with Gasteiger partial charge in [0.25, 0.3) is 0 Å². The van der Waals surface area contributed by atoms with E-state index in [-0.39, 0.29) is 0 Å². The lowest BCUT2D eigenvalue weighted by Crippen LogP contribution is -2.37. The predicted octanol–water partition coefficient (Wildman–Crippen LogP) is 1.87. The molecular weight excluding hydrogens is 202 g/mol. The zero-order chi connectivity index (χ0) is 12.0. The molecule has 16 heavy (non-hydrogen) atoms. The summed E-state index contributed by atoms with van der Waals surface area (Å²) in [7, 11) is 0. The van der Waals surface area contributed by atoms with Crippen LogP contribution >= 0.6 is 0 Å². The lowest BCUT2D eigenvalue weighted by Gasteiger charge is -2.22. The van der Waals surface area contributed by atoms with Crippen molar-refractivity contribution in [3.63, 3.8) is 0 Å². The van der Waals surface area contributed by atoms with Crippen molar-refractivity contribution in [2.24, 2.45) is 5.92 Å². The van der Waals surface area contributed by atoms with Gasteiger partial charge in [-0.3, -0.25) is 5.10 Å². The van der Waals surface area contributed by atoms with Crippen LogP contribution in [-0.2, 0) is 11.3 Å². The molecule has 92 valence electrons. The molecule has 0 radical (unpaired) electrons. The summed E-state index contributed by atoms with van der Waals surface area (Å²) < 4.78 is 5.47. The van der Waals surface area contributed by atoms with Crippen LogP contribution in [0.15, 0.2) is 6.20 Å². The molecule has 0 aliphatic rings. The maximum absolute atomic E-state index is 5.47. The van der Waals surface area contributed by atoms with Crippen LogP contribution in [0.5, 0.6) is 0 Å². The molecular formula is C12H23N3O. The second-order valence-electron chi connectivity index (χ2n) is 4.41. The van der Waals surface area contributed by atoms with Crippen molar-refractivity contribution in [1.29, 1.82) is 0 Å². The monoisotopic (exact) mass is 225 g/mol. The average Bonchev–Trinajstić information content (AvgIpc) is 2.64. The Morgan fingerprint density at radius 2 is 2.25 bits per heavy atom. The number of rotatable bonds is 7. The first-order valence-corrected chi connectivity index (χ1v) is 5.95. The summed E-state index contributed by atoms with van der Waals surface area (Å²) in [5.41, 5.74) is 2.36. The van der Waals surface area contributed by atoms with E-state index in [4.69, 9.17) is 4.74 Å². The summed E-state index contributed by atoms with van der Waals surface area (Å²) in [5, 5.41) is 10.5. The van der Waals surface area contributed by atoms with Gasteiger partial charge in [0.15, 0.2) is 0 Å². The van der Waals surface area contributed by atoms with Crippen LogP contribution in [0.2, 0.25) is 0 Å². The lowest BCUT2D eigenvalue weighted by molar-refractivity contribution is 0.108. The second kappa shape index (κ2) is 6.66. The molecule has 0 amide bonds. The zero-order valence-corrected chi connectivity index (χ0v) is 10.7. The number of aromatic nitrogens is 2. The third-order valence-electron chi connectivity index (χ3n) is 2.80. The first-order valence-electron chi connectivity index (χ1n) is 5.95. The van der Waals surface area contributed by atoms with Crippen molar-refractivity contribution < 1.29 is 4.74 Å². The van der Waals surface area contributed by atoms with Crippen molar-refractivity contribution in [1.82, 2.24) is 15.5 Å². The van der Waals surface area contributed by atoms with Crippen molar-refractivity contribution >= 4 is 0 Å². The second-order valence-corrected chi connectivity index (χ2v) is 4.41. The van der Waals surface area contributed by atoms with Crippen molar-refractivity contribution in [3.8, 4) is 0 Å². The van der Waals surface area contributed by atoms with E-state index in [1.807, 2.05) is 20.0 Å². The largest absolute Gasteiger partial charge is 0.380 e. The van der Waals surface area contributed by atoms with Gasteiger partial charge in [-0.15, -0.1) is 0 Å². The van der Waals surface area contributed by atoms with Gasteiger partial charge in [-0.25, -0.2) is 0 Å². The minimum Gasteiger partial charge on any atom is -0.380 e. The molecule has 4 heteroatoms. The summed E-state index contributed by atoms with van der Waals surface area (Å²) in [5.74, 6) is 0.568. The third kappa shape index (κ3) is 3.94. The standard InChI is InChI=1S/C12H23N3O/c1-5-16-8-12(9(2)3)13-6-11-7-14-15-10(11)4/h7,9,12-13H,5-6,8H2,1-4H3,(H,14,15). The van der Waals surface area contributed by atoms with Gasteiger partial charge in [-0.1, -0.05) is 13.8 Å². The summed E-state index contributed by atoms with van der Waals surface area (Å²) >= 11 is 0. The molecule has 1 heterocycles. The topological polar surface area (TPSA) is 49.9 Å². The third-order valence-corrected chi connectivity index (χ3v) is 2.80. The molecule has 0 spiro atoms. The van der Waals surface area contributed by atoms with Crippen molar-refractivity contribution in [3.05, 3.63) is 17.5 Å². The van der Waals surface area contributed by atoms with Crippen molar-refractivity contribution in [2.45, 2.75) is 40.3 Å². The first-order chi connectivity index (χ1) is 7.65. The minimum absolute atomic E-state index is 0.397. The Hall–Kier alpha value is -0.870. The molecule has 1 atom stereocenters. The number of H-pyrrole nitrogens is 1. The Morgan fingerprint density at radius 1 is 1.50 bits per heavy atom. The molecule has 2 N–H and O–H groups in total. The highest BCUT2D eigenvalue weighted by Gasteiger charge is 2.13. The van der Waals surface area contributed by atoms with Gasteiger partial charge >= 0.3 is 0 Å². The van der Waals surface area contributed by atoms with Gasteiger partial charge in [-0.2, -0.15) is 5.10 Å². The zero-order valence-electron chi connectivity index (χ0n) is 10.7. The summed E-state index contributed by atoms with van der Waals surface area (Å²) in [4.78, 5) is 0. The molecule has 0 aromatic carbocycles. The van der Waals surface area contributed by atoms with E-state index in [0.29, 0.717) is 12.0 Å². The van der Waals surface area contributed by atoms with Gasteiger partial charge in [0.1, 0.15) is 0 Å². The molecule has 0 saturated heterocycles. The Morgan fingerprint density at radius 3 is 2.75 bits per heavy atom. The van der Waals surface area contributed by atoms with Gasteiger partial charge in [-0.05, 0) is 19.8 Å². The van der Waals surface area contributed by atoms with E-state index in [1.54, 1.807) is 0 Å². The summed E-state index contributed by atoms with van der Waals surface area (Å²) in [6.45, 7) is 10.9. The minimum atomic E-state index is 0.397. The van der Waals surface area contributed by atoms with E-state index in [2.05, 4.69) is 29.4 Å². The number of ether oxygens (including phenoxy) is 1. The molecule has 1 rings (SSSR count). The van der Waals surface area contributed by atoms with E-state index in [0.717, 1.165) is 25.5 Å². The fraction of sp³-hybridized carbons (Fsp3) is 0.750. The Bertz CT molecular complexity index is 296. The molecule has 0 bridgehead atoms. The van der Waals surface area contributed by atoms with E-state index < -0.39 is 0 Å². The quantitative estimate of drug-likeness (QED) is 0.745. The van der Waals surface area contributed by atoms with Gasteiger partial charge in [0.05, 0.1) is 12.8 Å². The fourth-order valence-corrected chi connectivity index (χ4v) is 1.53. The molecule has 0 aliphatic heterocycles. The molecule has 1 aromatic heterocycles. The van der Waals surface area contributed by atoms with Crippen LogP contribution in [0.1, 0.15) is 32.0 Å². The predicted molar refractivity (Wildman–Crippen MR) is 65.3 cm³/mol. The molecule has 4 nitrogen and oxygen atoms in total. The SMILES string of the molecule is CCOCC(NCc1cn[nH]c1C)C(C)C. The van der Waals surface area contributed by atoms with Crippen LogP contribution in [0.3, 0.4) is 0 Å². The van der Waals surface area contributed by atoms with Crippen LogP contribution in [0.25, 0.3) is 0 Å². The van der Waals surface area contributed by atoms with Gasteiger partial charge in [0, 0.05) is 30.5 Å². The molecule has 0 saturated carbocycles. The number of nitrogens with zero attached hydrogens (tertiary/aromatic N) is 1. The maximum Gasteiger partial charge on any atom is 0.0622 e. The molecule has 0 aliphatic carbocycles. The number of aryl methyl sites for hydroxylation is 1. The first kappa shape index (κ1) is 13.2. The Balaban J connectivity index is 2.40. The van der Waals surface area contributed by atoms with E-state index in [1.165, 1.54) is 5.56 Å².